The van der Waals surface area contributed by atoms with Gasteiger partial charge in [0.15, 0.2) is 0 Å². The maximum atomic E-state index is 10.5. The van der Waals surface area contributed by atoms with Gasteiger partial charge in [0.25, 0.3) is 0 Å². The van der Waals surface area contributed by atoms with Gasteiger partial charge in [-0.2, -0.15) is 0 Å². The molecule has 1 heterocycles. The van der Waals surface area contributed by atoms with Crippen LogP contribution in [0.3, 0.4) is 0 Å². The van der Waals surface area contributed by atoms with Gasteiger partial charge in [-0.05, 0) is 30.9 Å². The summed E-state index contributed by atoms with van der Waals surface area (Å²) in [5.74, 6) is 1.35. The molecule has 0 spiro atoms. The Morgan fingerprint density at radius 2 is 2.47 bits per heavy atom. The zero-order chi connectivity index (χ0) is 12.3. The van der Waals surface area contributed by atoms with E-state index in [0.29, 0.717) is 18.2 Å². The predicted octanol–water partition coefficient (Wildman–Crippen LogP) is 2.86. The first-order valence-corrected chi connectivity index (χ1v) is 6.63. The molecule has 3 N–H and O–H groups in total. The smallest absolute Gasteiger partial charge is 0.132 e. The fraction of sp³-hybridized carbons (Fsp3) is 0.714. The standard InChI is InChI=1S/C14H23NO2/c1-2-11-5-3-7-14(9-11,10-15)13(16)12-6-4-8-17-12/h4,6,8,11,13,16H,2-3,5,7,9-10,15H2,1H3. The molecule has 1 aliphatic carbocycles. The van der Waals surface area contributed by atoms with E-state index in [-0.39, 0.29) is 5.41 Å². The van der Waals surface area contributed by atoms with Crippen molar-refractivity contribution in [3.05, 3.63) is 24.2 Å². The Hall–Kier alpha value is -0.800. The predicted molar refractivity (Wildman–Crippen MR) is 67.4 cm³/mol. The van der Waals surface area contributed by atoms with Crippen molar-refractivity contribution in [2.45, 2.75) is 45.1 Å². The van der Waals surface area contributed by atoms with E-state index < -0.39 is 6.10 Å². The molecule has 0 aromatic carbocycles. The molecule has 0 aliphatic heterocycles. The molecule has 0 amide bonds. The molecule has 96 valence electrons. The van der Waals surface area contributed by atoms with E-state index in [9.17, 15) is 5.11 Å². The Morgan fingerprint density at radius 3 is 3.06 bits per heavy atom. The second-order valence-corrected chi connectivity index (χ2v) is 5.36. The van der Waals surface area contributed by atoms with E-state index in [1.165, 1.54) is 12.8 Å². The van der Waals surface area contributed by atoms with Gasteiger partial charge in [0.1, 0.15) is 11.9 Å². The second-order valence-electron chi connectivity index (χ2n) is 5.36. The highest BCUT2D eigenvalue weighted by Crippen LogP contribution is 2.48. The monoisotopic (exact) mass is 237 g/mol. The molecular formula is C14H23NO2. The highest BCUT2D eigenvalue weighted by atomic mass is 16.4. The fourth-order valence-electron chi connectivity index (χ4n) is 3.16. The van der Waals surface area contributed by atoms with Crippen molar-refractivity contribution in [3.63, 3.8) is 0 Å². The van der Waals surface area contributed by atoms with Crippen LogP contribution in [-0.2, 0) is 0 Å². The Labute approximate surface area is 103 Å². The van der Waals surface area contributed by atoms with Crippen LogP contribution < -0.4 is 5.73 Å². The summed E-state index contributed by atoms with van der Waals surface area (Å²) in [5.41, 5.74) is 5.78. The first-order chi connectivity index (χ1) is 8.22. The van der Waals surface area contributed by atoms with Crippen LogP contribution in [0.25, 0.3) is 0 Å². The van der Waals surface area contributed by atoms with Crippen LogP contribution in [0.1, 0.15) is 50.9 Å². The molecule has 3 heteroatoms. The third kappa shape index (κ3) is 2.40. The fourth-order valence-corrected chi connectivity index (χ4v) is 3.16. The lowest BCUT2D eigenvalue weighted by molar-refractivity contribution is -0.0283. The van der Waals surface area contributed by atoms with Gasteiger partial charge in [0.2, 0.25) is 0 Å². The van der Waals surface area contributed by atoms with E-state index in [1.54, 1.807) is 6.26 Å². The molecule has 0 bridgehead atoms. The zero-order valence-corrected chi connectivity index (χ0v) is 10.6. The maximum Gasteiger partial charge on any atom is 0.132 e. The van der Waals surface area contributed by atoms with Gasteiger partial charge >= 0.3 is 0 Å². The van der Waals surface area contributed by atoms with Crippen molar-refractivity contribution in [1.29, 1.82) is 0 Å². The van der Waals surface area contributed by atoms with E-state index >= 15 is 0 Å². The molecule has 1 aromatic heterocycles. The van der Waals surface area contributed by atoms with Crippen molar-refractivity contribution in [1.82, 2.24) is 0 Å². The van der Waals surface area contributed by atoms with E-state index in [1.807, 2.05) is 12.1 Å². The third-order valence-corrected chi connectivity index (χ3v) is 4.36. The molecular weight excluding hydrogens is 214 g/mol. The molecule has 1 saturated carbocycles. The van der Waals surface area contributed by atoms with Crippen molar-refractivity contribution in [2.24, 2.45) is 17.1 Å². The quantitative estimate of drug-likeness (QED) is 0.846. The lowest BCUT2D eigenvalue weighted by Crippen LogP contribution is -2.40. The van der Waals surface area contributed by atoms with Crippen LogP contribution in [0.5, 0.6) is 0 Å². The van der Waals surface area contributed by atoms with Gasteiger partial charge in [-0.1, -0.05) is 26.2 Å². The van der Waals surface area contributed by atoms with E-state index in [4.69, 9.17) is 10.2 Å². The SMILES string of the molecule is CCC1CCCC(CN)(C(O)c2ccco2)C1. The van der Waals surface area contributed by atoms with Gasteiger partial charge in [-0.25, -0.2) is 0 Å². The number of aliphatic hydroxyl groups is 1. The summed E-state index contributed by atoms with van der Waals surface area (Å²) < 4.78 is 5.34. The molecule has 2 rings (SSSR count). The summed E-state index contributed by atoms with van der Waals surface area (Å²) >= 11 is 0. The first kappa shape index (κ1) is 12.7. The van der Waals surface area contributed by atoms with E-state index in [0.717, 1.165) is 19.3 Å². The van der Waals surface area contributed by atoms with Crippen molar-refractivity contribution >= 4 is 0 Å². The van der Waals surface area contributed by atoms with Gasteiger partial charge in [-0.15, -0.1) is 0 Å². The number of nitrogens with two attached hydrogens (primary N) is 1. The minimum atomic E-state index is -0.558. The number of hydrogen-bond donors (Lipinski definition) is 2. The van der Waals surface area contributed by atoms with Crippen molar-refractivity contribution in [3.8, 4) is 0 Å². The Kier molecular flexibility index (Phi) is 3.89. The van der Waals surface area contributed by atoms with Crippen LogP contribution in [0.2, 0.25) is 0 Å². The summed E-state index contributed by atoms with van der Waals surface area (Å²) in [6, 6.07) is 3.67. The topological polar surface area (TPSA) is 59.4 Å². The van der Waals surface area contributed by atoms with Gasteiger partial charge in [-0.3, -0.25) is 0 Å². The highest BCUT2D eigenvalue weighted by Gasteiger charge is 2.42. The van der Waals surface area contributed by atoms with Crippen LogP contribution in [0.15, 0.2) is 22.8 Å². The molecule has 3 atom stereocenters. The Bertz CT molecular complexity index is 336. The zero-order valence-electron chi connectivity index (χ0n) is 10.6. The van der Waals surface area contributed by atoms with Gasteiger partial charge in [0, 0.05) is 12.0 Å². The number of furan rings is 1. The van der Waals surface area contributed by atoms with Crippen molar-refractivity contribution < 1.29 is 9.52 Å². The molecule has 1 aromatic rings. The molecule has 1 aliphatic rings. The van der Waals surface area contributed by atoms with Crippen LogP contribution in [0, 0.1) is 11.3 Å². The van der Waals surface area contributed by atoms with Crippen molar-refractivity contribution in [2.75, 3.05) is 6.54 Å². The third-order valence-electron chi connectivity index (χ3n) is 4.36. The lowest BCUT2D eigenvalue weighted by atomic mass is 9.65. The molecule has 3 unspecified atom stereocenters. The maximum absolute atomic E-state index is 10.5. The van der Waals surface area contributed by atoms with Gasteiger partial charge in [0.05, 0.1) is 6.26 Å². The number of hydrogen-bond acceptors (Lipinski definition) is 3. The van der Waals surface area contributed by atoms with E-state index in [2.05, 4.69) is 6.92 Å². The average molecular weight is 237 g/mol. The highest BCUT2D eigenvalue weighted by molar-refractivity contribution is 5.08. The molecule has 0 saturated heterocycles. The van der Waals surface area contributed by atoms with Crippen LogP contribution in [-0.4, -0.2) is 11.7 Å². The Balaban J connectivity index is 2.18. The molecule has 1 fully saturated rings. The summed E-state index contributed by atoms with van der Waals surface area (Å²) in [6.45, 7) is 2.75. The van der Waals surface area contributed by atoms with Crippen LogP contribution >= 0.6 is 0 Å². The molecule has 3 nitrogen and oxygen atoms in total. The number of rotatable bonds is 4. The Morgan fingerprint density at radius 1 is 1.65 bits per heavy atom. The molecule has 17 heavy (non-hydrogen) atoms. The minimum absolute atomic E-state index is 0.184. The summed E-state index contributed by atoms with van der Waals surface area (Å²) in [4.78, 5) is 0. The summed E-state index contributed by atoms with van der Waals surface area (Å²) in [7, 11) is 0. The summed E-state index contributed by atoms with van der Waals surface area (Å²) in [5, 5.41) is 10.5. The average Bonchev–Trinajstić information content (AvgIpc) is 2.91. The lowest BCUT2D eigenvalue weighted by Gasteiger charge is -2.42. The summed E-state index contributed by atoms with van der Waals surface area (Å²) in [6.07, 6.45) is 6.67. The normalized spacial score (nSPS) is 31.4. The molecule has 0 radical (unpaired) electrons. The van der Waals surface area contributed by atoms with Gasteiger partial charge < -0.3 is 15.3 Å². The number of aliphatic hydroxyl groups excluding tert-OH is 1. The minimum Gasteiger partial charge on any atom is -0.467 e. The second kappa shape index (κ2) is 5.23. The largest absolute Gasteiger partial charge is 0.467 e. The first-order valence-electron chi connectivity index (χ1n) is 6.63. The van der Waals surface area contributed by atoms with Crippen LogP contribution in [0.4, 0.5) is 0 Å².